The Kier molecular flexibility index (Phi) is 4.85. The fourth-order valence-electron chi connectivity index (χ4n) is 1.75. The maximum Gasteiger partial charge on any atom is 0.0940 e. The SMILES string of the molecule is C[C@H](NC(C)(C)C)[C@@H](O)c1ccc(Cl)c(Cl)c1. The van der Waals surface area contributed by atoms with Gasteiger partial charge in [0.1, 0.15) is 0 Å². The maximum atomic E-state index is 10.2. The molecular formula is C13H19Cl2NO. The molecule has 96 valence electrons. The van der Waals surface area contributed by atoms with Crippen molar-refractivity contribution >= 4 is 23.2 Å². The van der Waals surface area contributed by atoms with E-state index in [-0.39, 0.29) is 11.6 Å². The van der Waals surface area contributed by atoms with Gasteiger partial charge in [0.25, 0.3) is 0 Å². The van der Waals surface area contributed by atoms with Crippen molar-refractivity contribution in [2.24, 2.45) is 0 Å². The van der Waals surface area contributed by atoms with Crippen molar-refractivity contribution in [3.05, 3.63) is 33.8 Å². The van der Waals surface area contributed by atoms with E-state index in [9.17, 15) is 5.11 Å². The van der Waals surface area contributed by atoms with Crippen LogP contribution in [-0.2, 0) is 0 Å². The smallest absolute Gasteiger partial charge is 0.0940 e. The molecule has 0 fully saturated rings. The summed E-state index contributed by atoms with van der Waals surface area (Å²) in [5.41, 5.74) is 0.722. The van der Waals surface area contributed by atoms with Crippen LogP contribution >= 0.6 is 23.2 Å². The first kappa shape index (κ1) is 14.8. The number of aliphatic hydroxyl groups excluding tert-OH is 1. The van der Waals surface area contributed by atoms with Crippen molar-refractivity contribution < 1.29 is 5.11 Å². The lowest BCUT2D eigenvalue weighted by Gasteiger charge is -2.29. The van der Waals surface area contributed by atoms with Gasteiger partial charge < -0.3 is 10.4 Å². The summed E-state index contributed by atoms with van der Waals surface area (Å²) < 4.78 is 0. The molecule has 0 amide bonds. The third-order valence-electron chi connectivity index (χ3n) is 2.42. The molecule has 2 nitrogen and oxygen atoms in total. The molecule has 1 aromatic carbocycles. The molecule has 1 aromatic rings. The normalized spacial score (nSPS) is 15.7. The molecule has 17 heavy (non-hydrogen) atoms. The summed E-state index contributed by atoms with van der Waals surface area (Å²) in [6.45, 7) is 8.12. The highest BCUT2D eigenvalue weighted by atomic mass is 35.5. The van der Waals surface area contributed by atoms with Gasteiger partial charge in [0.15, 0.2) is 0 Å². The van der Waals surface area contributed by atoms with Gasteiger partial charge in [-0.3, -0.25) is 0 Å². The van der Waals surface area contributed by atoms with Crippen LogP contribution in [0.5, 0.6) is 0 Å². The van der Waals surface area contributed by atoms with Crippen LogP contribution in [0.15, 0.2) is 18.2 Å². The predicted octanol–water partition coefficient (Wildman–Crippen LogP) is 3.80. The summed E-state index contributed by atoms with van der Waals surface area (Å²) in [6.07, 6.45) is -0.607. The monoisotopic (exact) mass is 275 g/mol. The lowest BCUT2D eigenvalue weighted by atomic mass is 10.00. The van der Waals surface area contributed by atoms with E-state index in [0.29, 0.717) is 10.0 Å². The zero-order valence-electron chi connectivity index (χ0n) is 10.6. The van der Waals surface area contributed by atoms with Crippen molar-refractivity contribution in [2.75, 3.05) is 0 Å². The second-order valence-corrected chi connectivity index (χ2v) is 6.12. The highest BCUT2D eigenvalue weighted by Crippen LogP contribution is 2.27. The van der Waals surface area contributed by atoms with E-state index >= 15 is 0 Å². The number of benzene rings is 1. The zero-order chi connectivity index (χ0) is 13.2. The Balaban J connectivity index is 2.81. The molecule has 0 aliphatic carbocycles. The van der Waals surface area contributed by atoms with E-state index in [0.717, 1.165) is 5.56 Å². The van der Waals surface area contributed by atoms with Gasteiger partial charge in [0, 0.05) is 11.6 Å². The Morgan fingerprint density at radius 1 is 1.18 bits per heavy atom. The second-order valence-electron chi connectivity index (χ2n) is 5.30. The highest BCUT2D eigenvalue weighted by molar-refractivity contribution is 6.42. The number of nitrogens with one attached hydrogen (secondary N) is 1. The average Bonchev–Trinajstić information content (AvgIpc) is 2.18. The van der Waals surface area contributed by atoms with Crippen LogP contribution in [0.1, 0.15) is 39.4 Å². The number of rotatable bonds is 3. The van der Waals surface area contributed by atoms with Gasteiger partial charge in [-0.25, -0.2) is 0 Å². The van der Waals surface area contributed by atoms with E-state index in [2.05, 4.69) is 26.1 Å². The average molecular weight is 276 g/mol. The second kappa shape index (κ2) is 5.57. The fourth-order valence-corrected chi connectivity index (χ4v) is 2.05. The van der Waals surface area contributed by atoms with E-state index in [4.69, 9.17) is 23.2 Å². The van der Waals surface area contributed by atoms with E-state index < -0.39 is 6.10 Å². The molecule has 0 aliphatic heterocycles. The molecule has 0 unspecified atom stereocenters. The standard InChI is InChI=1S/C13H19Cl2NO/c1-8(16-13(2,3)4)12(17)9-5-6-10(14)11(15)7-9/h5-8,12,16-17H,1-4H3/t8-,12+/m0/s1. The Hall–Kier alpha value is -0.280. The summed E-state index contributed by atoms with van der Waals surface area (Å²) in [4.78, 5) is 0. The third kappa shape index (κ3) is 4.47. The minimum absolute atomic E-state index is 0.0450. The van der Waals surface area contributed by atoms with Crippen LogP contribution in [0.4, 0.5) is 0 Å². The van der Waals surface area contributed by atoms with Crippen LogP contribution in [0, 0.1) is 0 Å². The van der Waals surface area contributed by atoms with E-state index in [1.165, 1.54) is 0 Å². The van der Waals surface area contributed by atoms with Crippen LogP contribution in [-0.4, -0.2) is 16.7 Å². The molecule has 1 rings (SSSR count). The van der Waals surface area contributed by atoms with Gasteiger partial charge in [-0.1, -0.05) is 29.3 Å². The van der Waals surface area contributed by atoms with Crippen LogP contribution in [0.2, 0.25) is 10.0 Å². The first-order valence-corrected chi connectivity index (χ1v) is 6.37. The number of hydrogen-bond acceptors (Lipinski definition) is 2. The first-order valence-electron chi connectivity index (χ1n) is 5.61. The van der Waals surface area contributed by atoms with Crippen LogP contribution in [0.3, 0.4) is 0 Å². The summed E-state index contributed by atoms with van der Waals surface area (Å²) in [7, 11) is 0. The first-order chi connectivity index (χ1) is 7.70. The maximum absolute atomic E-state index is 10.2. The minimum Gasteiger partial charge on any atom is -0.387 e. The summed E-state index contributed by atoms with van der Waals surface area (Å²) >= 11 is 11.8. The van der Waals surface area contributed by atoms with E-state index in [1.54, 1.807) is 18.2 Å². The Bertz CT molecular complexity index is 387. The Morgan fingerprint density at radius 3 is 2.24 bits per heavy atom. The van der Waals surface area contributed by atoms with Crippen molar-refractivity contribution in [1.82, 2.24) is 5.32 Å². The Morgan fingerprint density at radius 2 is 1.76 bits per heavy atom. The molecule has 0 aromatic heterocycles. The summed E-state index contributed by atoms with van der Waals surface area (Å²) in [6, 6.07) is 5.13. The van der Waals surface area contributed by atoms with Crippen molar-refractivity contribution in [3.8, 4) is 0 Å². The predicted molar refractivity (Wildman–Crippen MR) is 73.8 cm³/mol. The lowest BCUT2D eigenvalue weighted by Crippen LogP contribution is -2.44. The van der Waals surface area contributed by atoms with Gasteiger partial charge in [0.2, 0.25) is 0 Å². The van der Waals surface area contributed by atoms with Gasteiger partial charge in [-0.2, -0.15) is 0 Å². The van der Waals surface area contributed by atoms with Crippen molar-refractivity contribution in [1.29, 1.82) is 0 Å². The molecule has 0 aliphatic rings. The molecule has 4 heteroatoms. The van der Waals surface area contributed by atoms with Crippen molar-refractivity contribution in [2.45, 2.75) is 45.4 Å². The number of aliphatic hydroxyl groups is 1. The van der Waals surface area contributed by atoms with Gasteiger partial charge in [-0.15, -0.1) is 0 Å². The molecule has 2 N–H and O–H groups in total. The molecule has 0 heterocycles. The number of halogens is 2. The van der Waals surface area contributed by atoms with Crippen molar-refractivity contribution in [3.63, 3.8) is 0 Å². The minimum atomic E-state index is -0.607. The summed E-state index contributed by atoms with van der Waals surface area (Å²) in [5, 5.41) is 14.5. The molecule has 0 bridgehead atoms. The highest BCUT2D eigenvalue weighted by Gasteiger charge is 2.21. The molecule has 0 saturated carbocycles. The topological polar surface area (TPSA) is 32.3 Å². The van der Waals surface area contributed by atoms with E-state index in [1.807, 2.05) is 6.92 Å². The molecule has 0 spiro atoms. The number of hydrogen-bond donors (Lipinski definition) is 2. The van der Waals surface area contributed by atoms with Crippen LogP contribution in [0.25, 0.3) is 0 Å². The quantitative estimate of drug-likeness (QED) is 0.880. The molecule has 0 saturated heterocycles. The fraction of sp³-hybridized carbons (Fsp3) is 0.538. The van der Waals surface area contributed by atoms with Gasteiger partial charge >= 0.3 is 0 Å². The van der Waals surface area contributed by atoms with Gasteiger partial charge in [-0.05, 0) is 45.4 Å². The lowest BCUT2D eigenvalue weighted by molar-refractivity contribution is 0.121. The van der Waals surface area contributed by atoms with Gasteiger partial charge in [0.05, 0.1) is 16.1 Å². The Labute approximate surface area is 113 Å². The largest absolute Gasteiger partial charge is 0.387 e. The van der Waals surface area contributed by atoms with Crippen LogP contribution < -0.4 is 5.32 Å². The molecule has 0 radical (unpaired) electrons. The third-order valence-corrected chi connectivity index (χ3v) is 3.16. The zero-order valence-corrected chi connectivity index (χ0v) is 12.1. The summed E-state index contributed by atoms with van der Waals surface area (Å²) in [5.74, 6) is 0. The molecular weight excluding hydrogens is 257 g/mol. The molecule has 2 atom stereocenters.